The number of benzene rings is 1. The predicted octanol–water partition coefficient (Wildman–Crippen LogP) is 1.69. The third kappa shape index (κ3) is 2.08. The lowest BCUT2D eigenvalue weighted by atomic mass is 10.2. The molecule has 0 fully saturated rings. The number of carbonyl (C=O) groups excluding carboxylic acids is 1. The molecule has 86 valence electrons. The first kappa shape index (κ1) is 11.1. The molecule has 2 aromatic rings. The number of carboxylic acid groups (broad SMARTS) is 1. The molecule has 1 heterocycles. The number of rotatable bonds is 3. The lowest BCUT2D eigenvalue weighted by Crippen LogP contribution is -2.01. The Morgan fingerprint density at radius 3 is 2.47 bits per heavy atom. The highest BCUT2D eigenvalue weighted by Crippen LogP contribution is 2.12. The number of nitrogens with zero attached hydrogens (tertiary/aromatic N) is 2. The van der Waals surface area contributed by atoms with Crippen LogP contribution in [0, 0.1) is 6.92 Å². The van der Waals surface area contributed by atoms with Gasteiger partial charge in [-0.2, -0.15) is 5.10 Å². The van der Waals surface area contributed by atoms with Gasteiger partial charge in [-0.3, -0.25) is 4.79 Å². The van der Waals surface area contributed by atoms with E-state index in [9.17, 15) is 9.59 Å². The maximum absolute atomic E-state index is 10.7. The molecular formula is C12H10N2O3. The van der Waals surface area contributed by atoms with E-state index in [1.807, 2.05) is 6.92 Å². The van der Waals surface area contributed by atoms with Crippen molar-refractivity contribution in [2.45, 2.75) is 6.92 Å². The molecule has 0 atom stereocenters. The van der Waals surface area contributed by atoms with Crippen LogP contribution in [0.15, 0.2) is 30.3 Å². The first-order chi connectivity index (χ1) is 8.11. The lowest BCUT2D eigenvalue weighted by Gasteiger charge is -2.04. The van der Waals surface area contributed by atoms with Crippen molar-refractivity contribution in [3.63, 3.8) is 0 Å². The van der Waals surface area contributed by atoms with Gasteiger partial charge in [0.05, 0.1) is 11.3 Å². The highest BCUT2D eigenvalue weighted by molar-refractivity contribution is 5.87. The highest BCUT2D eigenvalue weighted by Gasteiger charge is 2.07. The van der Waals surface area contributed by atoms with Gasteiger partial charge in [-0.15, -0.1) is 0 Å². The molecule has 5 heteroatoms. The molecule has 0 spiro atoms. The van der Waals surface area contributed by atoms with Crippen LogP contribution in [0.2, 0.25) is 0 Å². The Labute approximate surface area is 97.3 Å². The Kier molecular flexibility index (Phi) is 2.74. The van der Waals surface area contributed by atoms with Gasteiger partial charge in [0.25, 0.3) is 0 Å². The van der Waals surface area contributed by atoms with Crippen LogP contribution in [0.3, 0.4) is 0 Å². The topological polar surface area (TPSA) is 72.2 Å². The second-order valence-corrected chi connectivity index (χ2v) is 3.59. The first-order valence-corrected chi connectivity index (χ1v) is 4.97. The zero-order valence-electron chi connectivity index (χ0n) is 9.12. The van der Waals surface area contributed by atoms with Gasteiger partial charge in [0.1, 0.15) is 5.69 Å². The molecule has 1 N–H and O–H groups in total. The zero-order valence-corrected chi connectivity index (χ0v) is 9.12. The Balaban J connectivity index is 2.42. The molecular weight excluding hydrogens is 220 g/mol. The van der Waals surface area contributed by atoms with Crippen molar-refractivity contribution in [2.75, 3.05) is 0 Å². The summed E-state index contributed by atoms with van der Waals surface area (Å²) in [5, 5.41) is 12.8. The minimum absolute atomic E-state index is 0.217. The molecule has 17 heavy (non-hydrogen) atoms. The number of hydrogen-bond acceptors (Lipinski definition) is 3. The Morgan fingerprint density at radius 1 is 1.35 bits per heavy atom. The van der Waals surface area contributed by atoms with Gasteiger partial charge < -0.3 is 5.11 Å². The van der Waals surface area contributed by atoms with Crippen LogP contribution in [0.5, 0.6) is 0 Å². The van der Waals surface area contributed by atoms with E-state index in [1.54, 1.807) is 22.9 Å². The van der Waals surface area contributed by atoms with Gasteiger partial charge in [0.2, 0.25) is 0 Å². The van der Waals surface area contributed by atoms with Gasteiger partial charge in [0, 0.05) is 5.69 Å². The number of aromatic nitrogens is 2. The molecule has 0 radical (unpaired) electrons. The zero-order chi connectivity index (χ0) is 12.4. The Hall–Kier alpha value is -2.43. The molecule has 0 aliphatic rings. The van der Waals surface area contributed by atoms with Crippen molar-refractivity contribution in [2.24, 2.45) is 0 Å². The number of aromatic carboxylic acids is 1. The molecule has 0 unspecified atom stereocenters. The van der Waals surface area contributed by atoms with Crippen molar-refractivity contribution in [3.05, 3.63) is 47.3 Å². The largest absolute Gasteiger partial charge is 0.478 e. The molecule has 2 rings (SSSR count). The van der Waals surface area contributed by atoms with Crippen molar-refractivity contribution in [1.82, 2.24) is 9.78 Å². The van der Waals surface area contributed by atoms with Crippen LogP contribution >= 0.6 is 0 Å². The van der Waals surface area contributed by atoms with Crippen LogP contribution in [-0.4, -0.2) is 27.1 Å². The molecule has 0 saturated carbocycles. The van der Waals surface area contributed by atoms with Crippen molar-refractivity contribution in [3.8, 4) is 5.69 Å². The number of hydrogen-bond donors (Lipinski definition) is 1. The van der Waals surface area contributed by atoms with Crippen LogP contribution in [0.4, 0.5) is 0 Å². The summed E-state index contributed by atoms with van der Waals surface area (Å²) in [6.45, 7) is 1.82. The molecule has 0 aliphatic heterocycles. The monoisotopic (exact) mass is 230 g/mol. The Morgan fingerprint density at radius 2 is 2.00 bits per heavy atom. The van der Waals surface area contributed by atoms with E-state index in [4.69, 9.17) is 5.11 Å². The standard InChI is InChI=1S/C12H10N2O3/c1-8-6-10(7-15)13-14(8)11-4-2-9(3-5-11)12(16)17/h2-7H,1H3,(H,16,17). The summed E-state index contributed by atoms with van der Waals surface area (Å²) in [5.74, 6) is -0.970. The minimum atomic E-state index is -0.970. The summed E-state index contributed by atoms with van der Waals surface area (Å²) in [6.07, 6.45) is 0.676. The van der Waals surface area contributed by atoms with E-state index in [2.05, 4.69) is 5.10 Å². The fraction of sp³-hybridized carbons (Fsp3) is 0.0833. The van der Waals surface area contributed by atoms with E-state index in [0.717, 1.165) is 11.4 Å². The molecule has 0 amide bonds. The van der Waals surface area contributed by atoms with Crippen LogP contribution in [-0.2, 0) is 0 Å². The normalized spacial score (nSPS) is 10.2. The van der Waals surface area contributed by atoms with Crippen LogP contribution in [0.1, 0.15) is 26.5 Å². The van der Waals surface area contributed by atoms with E-state index in [0.29, 0.717) is 12.0 Å². The molecule has 0 saturated heterocycles. The van der Waals surface area contributed by atoms with Gasteiger partial charge in [-0.25, -0.2) is 9.48 Å². The quantitative estimate of drug-likeness (QED) is 0.814. The van der Waals surface area contributed by atoms with Crippen molar-refractivity contribution >= 4 is 12.3 Å². The third-order valence-electron chi connectivity index (χ3n) is 2.39. The van der Waals surface area contributed by atoms with E-state index in [1.165, 1.54) is 12.1 Å². The lowest BCUT2D eigenvalue weighted by molar-refractivity contribution is 0.0696. The van der Waals surface area contributed by atoms with Gasteiger partial charge in [-0.05, 0) is 37.3 Å². The average Bonchev–Trinajstić information content (AvgIpc) is 2.71. The summed E-state index contributed by atoms with van der Waals surface area (Å²) in [4.78, 5) is 21.3. The van der Waals surface area contributed by atoms with Crippen molar-refractivity contribution < 1.29 is 14.7 Å². The van der Waals surface area contributed by atoms with Gasteiger partial charge in [0.15, 0.2) is 6.29 Å². The summed E-state index contributed by atoms with van der Waals surface area (Å²) >= 11 is 0. The summed E-state index contributed by atoms with van der Waals surface area (Å²) in [6, 6.07) is 7.97. The molecule has 1 aromatic carbocycles. The SMILES string of the molecule is Cc1cc(C=O)nn1-c1ccc(C(=O)O)cc1. The average molecular weight is 230 g/mol. The summed E-state index contributed by atoms with van der Waals surface area (Å²) < 4.78 is 1.59. The number of aldehydes is 1. The van der Waals surface area contributed by atoms with Crippen molar-refractivity contribution in [1.29, 1.82) is 0 Å². The number of aryl methyl sites for hydroxylation is 1. The molecule has 0 aliphatic carbocycles. The van der Waals surface area contributed by atoms with E-state index >= 15 is 0 Å². The molecule has 1 aromatic heterocycles. The third-order valence-corrected chi connectivity index (χ3v) is 2.39. The maximum Gasteiger partial charge on any atom is 0.335 e. The molecule has 5 nitrogen and oxygen atoms in total. The number of carbonyl (C=O) groups is 2. The fourth-order valence-electron chi connectivity index (χ4n) is 1.56. The number of carboxylic acids is 1. The highest BCUT2D eigenvalue weighted by atomic mass is 16.4. The first-order valence-electron chi connectivity index (χ1n) is 4.97. The van der Waals surface area contributed by atoms with Gasteiger partial charge >= 0.3 is 5.97 Å². The second-order valence-electron chi connectivity index (χ2n) is 3.59. The van der Waals surface area contributed by atoms with Crippen LogP contribution in [0.25, 0.3) is 5.69 Å². The smallest absolute Gasteiger partial charge is 0.335 e. The van der Waals surface area contributed by atoms with E-state index < -0.39 is 5.97 Å². The molecule has 0 bridgehead atoms. The van der Waals surface area contributed by atoms with E-state index in [-0.39, 0.29) is 5.56 Å². The minimum Gasteiger partial charge on any atom is -0.478 e. The predicted molar refractivity (Wildman–Crippen MR) is 60.6 cm³/mol. The Bertz CT molecular complexity index is 570. The second kappa shape index (κ2) is 4.21. The fourth-order valence-corrected chi connectivity index (χ4v) is 1.56. The summed E-state index contributed by atoms with van der Waals surface area (Å²) in [5.41, 5.74) is 2.11. The van der Waals surface area contributed by atoms with Gasteiger partial charge in [-0.1, -0.05) is 0 Å². The summed E-state index contributed by atoms with van der Waals surface area (Å²) in [7, 11) is 0. The van der Waals surface area contributed by atoms with Crippen LogP contribution < -0.4 is 0 Å². The maximum atomic E-state index is 10.7.